The summed E-state index contributed by atoms with van der Waals surface area (Å²) in [5.41, 5.74) is 2.72. The maximum absolute atomic E-state index is 13.5. The fourth-order valence-corrected chi connectivity index (χ4v) is 3.23. The number of anilines is 1. The number of nitrogens with zero attached hydrogens (tertiary/aromatic N) is 2. The highest BCUT2D eigenvalue weighted by atomic mass is 35.5. The number of hydrogen-bond donors (Lipinski definition) is 1. The number of carbonyl (C=O) groups excluding carboxylic acids is 1. The highest BCUT2D eigenvalue weighted by molar-refractivity contribution is 7.99. The number of thioether (sulfide) groups is 1. The van der Waals surface area contributed by atoms with Gasteiger partial charge in [-0.05, 0) is 42.8 Å². The van der Waals surface area contributed by atoms with Crippen LogP contribution in [0.2, 0.25) is 5.02 Å². The van der Waals surface area contributed by atoms with Gasteiger partial charge < -0.3 is 9.88 Å². The molecule has 0 radical (unpaired) electrons. The van der Waals surface area contributed by atoms with Crippen molar-refractivity contribution in [3.63, 3.8) is 0 Å². The summed E-state index contributed by atoms with van der Waals surface area (Å²) in [4.78, 5) is 16.5. The zero-order valence-electron chi connectivity index (χ0n) is 13.1. The largest absolute Gasteiger partial charge is 0.325 e. The number of nitrogens with one attached hydrogen (secondary N) is 1. The molecule has 3 rings (SSSR count). The Morgan fingerprint density at radius 2 is 2.12 bits per heavy atom. The second-order valence-corrected chi connectivity index (χ2v) is 6.77. The molecule has 1 N–H and O–H groups in total. The van der Waals surface area contributed by atoms with Crippen molar-refractivity contribution >= 4 is 46.0 Å². The van der Waals surface area contributed by atoms with E-state index in [9.17, 15) is 9.18 Å². The molecule has 1 amide bonds. The molecule has 3 aromatic rings. The Morgan fingerprint density at radius 3 is 2.88 bits per heavy atom. The molecule has 0 saturated carbocycles. The Balaban J connectivity index is 1.68. The average molecular weight is 364 g/mol. The molecule has 24 heavy (non-hydrogen) atoms. The van der Waals surface area contributed by atoms with Crippen LogP contribution in [0.25, 0.3) is 11.0 Å². The number of amides is 1. The molecule has 4 nitrogen and oxygen atoms in total. The molecule has 0 saturated heterocycles. The number of aromatic nitrogens is 2. The molecule has 1 heterocycles. The molecular weight excluding hydrogens is 349 g/mol. The van der Waals surface area contributed by atoms with Gasteiger partial charge >= 0.3 is 0 Å². The van der Waals surface area contributed by atoms with E-state index in [-0.39, 0.29) is 17.5 Å². The lowest BCUT2D eigenvalue weighted by atomic mass is 10.2. The molecule has 0 aliphatic rings. The average Bonchev–Trinajstić information content (AvgIpc) is 2.84. The van der Waals surface area contributed by atoms with Crippen LogP contribution in [0.5, 0.6) is 0 Å². The van der Waals surface area contributed by atoms with Gasteiger partial charge in [0.2, 0.25) is 5.91 Å². The first-order valence-electron chi connectivity index (χ1n) is 7.25. The van der Waals surface area contributed by atoms with Gasteiger partial charge in [-0.25, -0.2) is 9.37 Å². The van der Waals surface area contributed by atoms with Crippen molar-refractivity contribution in [1.82, 2.24) is 9.55 Å². The normalized spacial score (nSPS) is 11.0. The van der Waals surface area contributed by atoms with Gasteiger partial charge in [-0.3, -0.25) is 4.79 Å². The molecule has 7 heteroatoms. The number of imidazole rings is 1. The molecule has 0 atom stereocenters. The lowest BCUT2D eigenvalue weighted by Crippen LogP contribution is -2.14. The zero-order chi connectivity index (χ0) is 17.3. The summed E-state index contributed by atoms with van der Waals surface area (Å²) in [5.74, 6) is -0.374. The fraction of sp³-hybridized carbons (Fsp3) is 0.176. The molecule has 0 bridgehead atoms. The summed E-state index contributed by atoms with van der Waals surface area (Å²) < 4.78 is 15.4. The Morgan fingerprint density at radius 1 is 1.33 bits per heavy atom. The van der Waals surface area contributed by atoms with Gasteiger partial charge in [-0.15, -0.1) is 0 Å². The zero-order valence-corrected chi connectivity index (χ0v) is 14.7. The van der Waals surface area contributed by atoms with Crippen LogP contribution in [0.1, 0.15) is 5.56 Å². The topological polar surface area (TPSA) is 46.9 Å². The van der Waals surface area contributed by atoms with Crippen LogP contribution in [0.15, 0.2) is 41.6 Å². The van der Waals surface area contributed by atoms with Crippen LogP contribution in [0.3, 0.4) is 0 Å². The summed E-state index contributed by atoms with van der Waals surface area (Å²) in [6, 6.07) is 10.1. The van der Waals surface area contributed by atoms with E-state index in [0.717, 1.165) is 16.2 Å². The molecular formula is C17H15ClFN3OS. The van der Waals surface area contributed by atoms with Crippen LogP contribution < -0.4 is 5.32 Å². The van der Waals surface area contributed by atoms with Gasteiger partial charge in [0.05, 0.1) is 16.8 Å². The monoisotopic (exact) mass is 363 g/mol. The van der Waals surface area contributed by atoms with Crippen molar-refractivity contribution in [1.29, 1.82) is 0 Å². The van der Waals surface area contributed by atoms with E-state index < -0.39 is 0 Å². The van der Waals surface area contributed by atoms with Gasteiger partial charge in [-0.1, -0.05) is 29.4 Å². The molecule has 0 aliphatic heterocycles. The first kappa shape index (κ1) is 16.8. The second-order valence-electron chi connectivity index (χ2n) is 5.39. The van der Waals surface area contributed by atoms with Crippen LogP contribution in [-0.2, 0) is 11.8 Å². The van der Waals surface area contributed by atoms with Crippen molar-refractivity contribution in [2.75, 3.05) is 11.1 Å². The maximum atomic E-state index is 13.5. The number of benzene rings is 2. The van der Waals surface area contributed by atoms with Crippen LogP contribution in [0, 0.1) is 12.7 Å². The van der Waals surface area contributed by atoms with Gasteiger partial charge in [0, 0.05) is 17.8 Å². The molecule has 2 aromatic carbocycles. The number of hydrogen-bond acceptors (Lipinski definition) is 3. The smallest absolute Gasteiger partial charge is 0.234 e. The number of halogens is 2. The third-order valence-electron chi connectivity index (χ3n) is 3.59. The summed E-state index contributed by atoms with van der Waals surface area (Å²) >= 11 is 7.29. The van der Waals surface area contributed by atoms with Crippen molar-refractivity contribution in [2.45, 2.75) is 12.1 Å². The summed E-state index contributed by atoms with van der Waals surface area (Å²) in [5, 5.41) is 4.03. The van der Waals surface area contributed by atoms with E-state index in [1.165, 1.54) is 17.8 Å². The van der Waals surface area contributed by atoms with Crippen molar-refractivity contribution in [2.24, 2.45) is 7.05 Å². The minimum absolute atomic E-state index is 0.181. The van der Waals surface area contributed by atoms with E-state index in [2.05, 4.69) is 10.3 Å². The molecule has 0 aliphatic carbocycles. The van der Waals surface area contributed by atoms with E-state index in [1.807, 2.05) is 17.7 Å². The molecule has 124 valence electrons. The first-order chi connectivity index (χ1) is 11.4. The number of carbonyl (C=O) groups is 1. The van der Waals surface area contributed by atoms with Crippen LogP contribution >= 0.6 is 23.4 Å². The molecule has 0 fully saturated rings. The lowest BCUT2D eigenvalue weighted by Gasteiger charge is -2.06. The predicted molar refractivity (Wildman–Crippen MR) is 96.2 cm³/mol. The van der Waals surface area contributed by atoms with E-state index in [0.29, 0.717) is 16.3 Å². The van der Waals surface area contributed by atoms with Gasteiger partial charge in [-0.2, -0.15) is 0 Å². The summed E-state index contributed by atoms with van der Waals surface area (Å²) in [6.45, 7) is 1.68. The molecule has 1 aromatic heterocycles. The SMILES string of the molecule is Cc1ccc(NC(=O)CSc2nc3cc(Cl)ccc3n2C)cc1F. The van der Waals surface area contributed by atoms with E-state index >= 15 is 0 Å². The maximum Gasteiger partial charge on any atom is 0.234 e. The Bertz CT molecular complexity index is 926. The standard InChI is InChI=1S/C17H15ClFN3OS/c1-10-3-5-12(8-13(10)19)20-16(23)9-24-17-21-14-7-11(18)4-6-15(14)22(17)2/h3-8H,9H2,1-2H3,(H,20,23). The minimum atomic E-state index is -0.340. The highest BCUT2D eigenvalue weighted by Crippen LogP contribution is 2.25. The first-order valence-corrected chi connectivity index (χ1v) is 8.61. The van der Waals surface area contributed by atoms with Crippen molar-refractivity contribution in [3.05, 3.63) is 52.8 Å². The lowest BCUT2D eigenvalue weighted by molar-refractivity contribution is -0.113. The number of fused-ring (bicyclic) bond motifs is 1. The molecule has 0 unspecified atom stereocenters. The number of rotatable bonds is 4. The van der Waals surface area contributed by atoms with E-state index in [1.54, 1.807) is 31.2 Å². The Hall–Kier alpha value is -2.05. The third-order valence-corrected chi connectivity index (χ3v) is 4.85. The van der Waals surface area contributed by atoms with Gasteiger partial charge in [0.15, 0.2) is 5.16 Å². The van der Waals surface area contributed by atoms with Crippen molar-refractivity contribution < 1.29 is 9.18 Å². The van der Waals surface area contributed by atoms with Gasteiger partial charge in [0.1, 0.15) is 5.82 Å². The summed E-state index contributed by atoms with van der Waals surface area (Å²) in [6.07, 6.45) is 0. The van der Waals surface area contributed by atoms with Crippen LogP contribution in [-0.4, -0.2) is 21.2 Å². The number of aryl methyl sites for hydroxylation is 2. The summed E-state index contributed by atoms with van der Waals surface area (Å²) in [7, 11) is 1.89. The third kappa shape index (κ3) is 3.55. The highest BCUT2D eigenvalue weighted by Gasteiger charge is 2.11. The predicted octanol–water partition coefficient (Wildman–Crippen LogP) is 4.41. The fourth-order valence-electron chi connectivity index (χ4n) is 2.28. The second kappa shape index (κ2) is 6.83. The van der Waals surface area contributed by atoms with Crippen molar-refractivity contribution in [3.8, 4) is 0 Å². The Kier molecular flexibility index (Phi) is 4.78. The minimum Gasteiger partial charge on any atom is -0.325 e. The molecule has 0 spiro atoms. The Labute approximate surface area is 148 Å². The van der Waals surface area contributed by atoms with Crippen LogP contribution in [0.4, 0.5) is 10.1 Å². The quantitative estimate of drug-likeness (QED) is 0.698. The van der Waals surface area contributed by atoms with E-state index in [4.69, 9.17) is 11.6 Å². The van der Waals surface area contributed by atoms with Gasteiger partial charge in [0.25, 0.3) is 0 Å².